The van der Waals surface area contributed by atoms with Crippen LogP contribution in [0.15, 0.2) is 46.5 Å². The molecular formula is C18H21BrO2. The average Bonchev–Trinajstić information content (AvgIpc) is 2.37. The van der Waals surface area contributed by atoms with Gasteiger partial charge in [-0.15, -0.1) is 0 Å². The van der Waals surface area contributed by atoms with Crippen molar-refractivity contribution in [3.8, 4) is 5.75 Å². The van der Waals surface area contributed by atoms with Gasteiger partial charge in [0.25, 0.3) is 0 Å². The Hall–Kier alpha value is -1.35. The molecule has 0 amide bonds. The van der Waals surface area contributed by atoms with Crippen molar-refractivity contribution >= 4 is 21.9 Å². The van der Waals surface area contributed by atoms with Crippen LogP contribution in [0.25, 0.3) is 0 Å². The third kappa shape index (κ3) is 3.85. The summed E-state index contributed by atoms with van der Waals surface area (Å²) in [5.41, 5.74) is 3.62. The minimum atomic E-state index is -0.294. The Morgan fingerprint density at radius 3 is 2.71 bits per heavy atom. The van der Waals surface area contributed by atoms with Crippen LogP contribution >= 0.6 is 15.9 Å². The van der Waals surface area contributed by atoms with E-state index < -0.39 is 0 Å². The highest BCUT2D eigenvalue weighted by atomic mass is 79.9. The molecule has 0 aliphatic heterocycles. The number of allylic oxidation sites excluding steroid dienone is 3. The largest absolute Gasteiger partial charge is 0.426 e. The van der Waals surface area contributed by atoms with Crippen molar-refractivity contribution in [3.63, 3.8) is 0 Å². The third-order valence-corrected chi connectivity index (χ3v) is 4.46. The van der Waals surface area contributed by atoms with E-state index >= 15 is 0 Å². The molecule has 1 aliphatic rings. The molecule has 2 nitrogen and oxygen atoms in total. The number of halogens is 1. The van der Waals surface area contributed by atoms with E-state index in [-0.39, 0.29) is 11.9 Å². The van der Waals surface area contributed by atoms with E-state index in [9.17, 15) is 4.79 Å². The first-order valence-corrected chi connectivity index (χ1v) is 7.98. The summed E-state index contributed by atoms with van der Waals surface area (Å²) in [6.07, 6.45) is 4.49. The number of carbonyl (C=O) groups is 1. The first kappa shape index (κ1) is 16.0. The van der Waals surface area contributed by atoms with Crippen LogP contribution in [-0.4, -0.2) is 5.97 Å². The molecule has 0 spiro atoms. The van der Waals surface area contributed by atoms with Gasteiger partial charge in [0.1, 0.15) is 5.75 Å². The van der Waals surface area contributed by atoms with Crippen LogP contribution in [0.1, 0.15) is 45.1 Å². The number of benzene rings is 1. The Balaban J connectivity index is 2.49. The number of ether oxygens (including phenoxy) is 1. The molecule has 3 heteroatoms. The first-order valence-electron chi connectivity index (χ1n) is 7.19. The molecule has 1 aromatic carbocycles. The SMILES string of the molecule is C=C(C)C1CCC(C)=CC1c1ccc(Br)cc1OC(C)=O. The highest BCUT2D eigenvalue weighted by Crippen LogP contribution is 2.43. The van der Waals surface area contributed by atoms with Crippen LogP contribution in [0.2, 0.25) is 0 Å². The Bertz CT molecular complexity index is 601. The molecule has 0 N–H and O–H groups in total. The zero-order chi connectivity index (χ0) is 15.6. The molecule has 1 aliphatic carbocycles. The van der Waals surface area contributed by atoms with Crippen molar-refractivity contribution in [2.24, 2.45) is 5.92 Å². The van der Waals surface area contributed by atoms with Gasteiger partial charge in [-0.05, 0) is 44.7 Å². The van der Waals surface area contributed by atoms with Crippen LogP contribution in [0.5, 0.6) is 5.75 Å². The van der Waals surface area contributed by atoms with Crippen molar-refractivity contribution in [1.82, 2.24) is 0 Å². The fraction of sp³-hybridized carbons (Fsp3) is 0.389. The minimum absolute atomic E-state index is 0.221. The molecule has 0 bridgehead atoms. The summed E-state index contributed by atoms with van der Waals surface area (Å²) >= 11 is 3.44. The summed E-state index contributed by atoms with van der Waals surface area (Å²) in [5.74, 6) is 0.958. The van der Waals surface area contributed by atoms with Gasteiger partial charge in [0, 0.05) is 22.9 Å². The van der Waals surface area contributed by atoms with E-state index in [4.69, 9.17) is 4.74 Å². The predicted molar refractivity (Wildman–Crippen MR) is 89.5 cm³/mol. The Labute approximate surface area is 135 Å². The number of carbonyl (C=O) groups excluding carboxylic acids is 1. The topological polar surface area (TPSA) is 26.3 Å². The van der Waals surface area contributed by atoms with Crippen molar-refractivity contribution < 1.29 is 9.53 Å². The number of rotatable bonds is 3. The van der Waals surface area contributed by atoms with Crippen molar-refractivity contribution in [2.45, 2.75) is 39.5 Å². The summed E-state index contributed by atoms with van der Waals surface area (Å²) < 4.78 is 6.32. The van der Waals surface area contributed by atoms with Gasteiger partial charge in [-0.25, -0.2) is 0 Å². The monoisotopic (exact) mass is 348 g/mol. The molecule has 21 heavy (non-hydrogen) atoms. The zero-order valence-corrected chi connectivity index (χ0v) is 14.4. The van der Waals surface area contributed by atoms with E-state index in [2.05, 4.69) is 42.4 Å². The highest BCUT2D eigenvalue weighted by Gasteiger charge is 2.28. The Kier molecular flexibility index (Phi) is 5.04. The summed E-state index contributed by atoms with van der Waals surface area (Å²) in [6, 6.07) is 5.90. The van der Waals surface area contributed by atoms with Crippen LogP contribution in [0.3, 0.4) is 0 Å². The predicted octanol–water partition coefficient (Wildman–Crippen LogP) is 5.39. The van der Waals surface area contributed by atoms with E-state index in [1.807, 2.05) is 18.2 Å². The van der Waals surface area contributed by atoms with Gasteiger partial charge in [0.2, 0.25) is 0 Å². The molecule has 1 aromatic rings. The molecule has 2 unspecified atom stereocenters. The summed E-state index contributed by atoms with van der Waals surface area (Å²) in [4.78, 5) is 11.4. The molecule has 2 atom stereocenters. The molecule has 0 heterocycles. The average molecular weight is 349 g/mol. The molecule has 0 fully saturated rings. The second-order valence-corrected chi connectivity index (χ2v) is 6.72. The van der Waals surface area contributed by atoms with Gasteiger partial charge in [0.15, 0.2) is 0 Å². The van der Waals surface area contributed by atoms with Crippen molar-refractivity contribution in [1.29, 1.82) is 0 Å². The lowest BCUT2D eigenvalue weighted by Crippen LogP contribution is -2.18. The zero-order valence-electron chi connectivity index (χ0n) is 12.8. The summed E-state index contributed by atoms with van der Waals surface area (Å²) in [6.45, 7) is 9.81. The normalized spacial score (nSPS) is 21.6. The van der Waals surface area contributed by atoms with E-state index in [0.29, 0.717) is 11.7 Å². The summed E-state index contributed by atoms with van der Waals surface area (Å²) in [7, 11) is 0. The first-order chi connectivity index (χ1) is 9.88. The second kappa shape index (κ2) is 6.61. The maximum Gasteiger partial charge on any atom is 0.308 e. The van der Waals surface area contributed by atoms with Crippen LogP contribution in [0, 0.1) is 5.92 Å². The lowest BCUT2D eigenvalue weighted by atomic mass is 9.74. The lowest BCUT2D eigenvalue weighted by molar-refractivity contribution is -0.131. The van der Waals surface area contributed by atoms with Crippen LogP contribution in [-0.2, 0) is 4.79 Å². The van der Waals surface area contributed by atoms with E-state index in [1.165, 1.54) is 18.1 Å². The van der Waals surface area contributed by atoms with Gasteiger partial charge in [-0.1, -0.05) is 45.8 Å². The smallest absolute Gasteiger partial charge is 0.308 e. The Morgan fingerprint density at radius 1 is 1.38 bits per heavy atom. The molecule has 0 aromatic heterocycles. The maximum absolute atomic E-state index is 11.4. The number of hydrogen-bond acceptors (Lipinski definition) is 2. The third-order valence-electron chi connectivity index (χ3n) is 3.97. The number of esters is 1. The van der Waals surface area contributed by atoms with Crippen LogP contribution in [0.4, 0.5) is 0 Å². The highest BCUT2D eigenvalue weighted by molar-refractivity contribution is 9.10. The fourth-order valence-electron chi connectivity index (χ4n) is 2.96. The number of hydrogen-bond donors (Lipinski definition) is 0. The van der Waals surface area contributed by atoms with E-state index in [1.54, 1.807) is 0 Å². The molecular weight excluding hydrogens is 328 g/mol. The van der Waals surface area contributed by atoms with Crippen molar-refractivity contribution in [3.05, 3.63) is 52.0 Å². The second-order valence-electron chi connectivity index (χ2n) is 5.81. The minimum Gasteiger partial charge on any atom is -0.426 e. The van der Waals surface area contributed by atoms with Gasteiger partial charge in [-0.3, -0.25) is 4.79 Å². The molecule has 0 radical (unpaired) electrons. The molecule has 0 saturated carbocycles. The van der Waals surface area contributed by atoms with E-state index in [0.717, 1.165) is 22.9 Å². The van der Waals surface area contributed by atoms with Gasteiger partial charge in [0.05, 0.1) is 0 Å². The quantitative estimate of drug-likeness (QED) is 0.415. The standard InChI is InChI=1S/C18H21BrO2/c1-11(2)15-7-5-12(3)9-17(15)16-8-6-14(19)10-18(16)21-13(4)20/h6,8-10,15,17H,1,5,7H2,2-4H3. The van der Waals surface area contributed by atoms with Crippen LogP contribution < -0.4 is 4.74 Å². The molecule has 112 valence electrons. The fourth-order valence-corrected chi connectivity index (χ4v) is 3.30. The molecule has 0 saturated heterocycles. The molecule has 2 rings (SSSR count). The Morgan fingerprint density at radius 2 is 2.10 bits per heavy atom. The lowest BCUT2D eigenvalue weighted by Gasteiger charge is -2.31. The van der Waals surface area contributed by atoms with Gasteiger partial charge in [-0.2, -0.15) is 0 Å². The van der Waals surface area contributed by atoms with Gasteiger partial charge < -0.3 is 4.74 Å². The summed E-state index contributed by atoms with van der Waals surface area (Å²) in [5, 5.41) is 0. The van der Waals surface area contributed by atoms with Crippen molar-refractivity contribution in [2.75, 3.05) is 0 Å². The maximum atomic E-state index is 11.4. The van der Waals surface area contributed by atoms with Gasteiger partial charge >= 0.3 is 5.97 Å².